The minimum Gasteiger partial charge on any atom is -0.298 e. The summed E-state index contributed by atoms with van der Waals surface area (Å²) in [5, 5.41) is 5.73. The lowest BCUT2D eigenvalue weighted by Gasteiger charge is -2.23. The number of carbonyl (C=O) groups is 1. The molecule has 1 heterocycles. The second kappa shape index (κ2) is 3.44. The highest BCUT2D eigenvalue weighted by molar-refractivity contribution is 5.97. The van der Waals surface area contributed by atoms with Crippen LogP contribution in [0.15, 0.2) is 18.2 Å². The number of hydrogen-bond donors (Lipinski definition) is 0. The van der Waals surface area contributed by atoms with Gasteiger partial charge >= 0.3 is 0 Å². The van der Waals surface area contributed by atoms with Gasteiger partial charge in [-0.1, -0.05) is 18.6 Å². The van der Waals surface area contributed by atoms with Crippen LogP contribution < -0.4 is 0 Å². The van der Waals surface area contributed by atoms with Gasteiger partial charge in [-0.25, -0.2) is 0 Å². The van der Waals surface area contributed by atoms with Crippen molar-refractivity contribution in [2.24, 2.45) is 7.05 Å². The molecule has 0 spiro atoms. The van der Waals surface area contributed by atoms with Crippen LogP contribution in [-0.2, 0) is 7.05 Å². The predicted octanol–water partition coefficient (Wildman–Crippen LogP) is 2.65. The zero-order valence-corrected chi connectivity index (χ0v) is 9.31. The normalized spacial score (nSPS) is 16.3. The molecule has 3 rings (SSSR count). The molecule has 3 heteroatoms. The summed E-state index contributed by atoms with van der Waals surface area (Å²) in [4.78, 5) is 11.0. The number of nitrogens with zero attached hydrogens (tertiary/aromatic N) is 2. The standard InChI is InChI=1S/C13H14N2O/c1-15-13-10(8-16)6-3-7-11(13)12(14-15)9-4-2-5-9/h3,6-9H,2,4-5H2,1H3. The maximum Gasteiger partial charge on any atom is 0.152 e. The Morgan fingerprint density at radius 3 is 2.88 bits per heavy atom. The first-order valence-corrected chi connectivity index (χ1v) is 5.72. The lowest BCUT2D eigenvalue weighted by atomic mass is 9.82. The number of para-hydroxylation sites is 1. The van der Waals surface area contributed by atoms with Crippen LogP contribution in [0.1, 0.15) is 41.2 Å². The van der Waals surface area contributed by atoms with Crippen molar-refractivity contribution in [2.75, 3.05) is 0 Å². The fourth-order valence-electron chi connectivity index (χ4n) is 2.47. The van der Waals surface area contributed by atoms with Crippen LogP contribution in [0, 0.1) is 0 Å². The summed E-state index contributed by atoms with van der Waals surface area (Å²) in [5.41, 5.74) is 2.88. The van der Waals surface area contributed by atoms with E-state index in [2.05, 4.69) is 11.2 Å². The molecule has 82 valence electrons. The number of carbonyl (C=O) groups excluding carboxylic acids is 1. The molecule has 1 aliphatic carbocycles. The maximum atomic E-state index is 11.0. The van der Waals surface area contributed by atoms with E-state index in [0.29, 0.717) is 5.92 Å². The Hall–Kier alpha value is -1.64. The maximum absolute atomic E-state index is 11.0. The van der Waals surface area contributed by atoms with Gasteiger partial charge in [-0.2, -0.15) is 5.10 Å². The Kier molecular flexibility index (Phi) is 2.06. The smallest absolute Gasteiger partial charge is 0.152 e. The highest BCUT2D eigenvalue weighted by atomic mass is 16.1. The number of aldehydes is 1. The quantitative estimate of drug-likeness (QED) is 0.720. The van der Waals surface area contributed by atoms with Crippen molar-refractivity contribution in [3.05, 3.63) is 29.5 Å². The van der Waals surface area contributed by atoms with Crippen LogP contribution in [-0.4, -0.2) is 16.1 Å². The van der Waals surface area contributed by atoms with Crippen LogP contribution in [0.5, 0.6) is 0 Å². The molecule has 0 radical (unpaired) electrons. The Morgan fingerprint density at radius 1 is 1.44 bits per heavy atom. The lowest BCUT2D eigenvalue weighted by Crippen LogP contribution is -2.09. The second-order valence-corrected chi connectivity index (χ2v) is 4.50. The Labute approximate surface area is 94.1 Å². The first kappa shape index (κ1) is 9.58. The first-order valence-electron chi connectivity index (χ1n) is 5.72. The fourth-order valence-corrected chi connectivity index (χ4v) is 2.47. The van der Waals surface area contributed by atoms with E-state index < -0.39 is 0 Å². The zero-order valence-electron chi connectivity index (χ0n) is 9.31. The van der Waals surface area contributed by atoms with E-state index in [1.807, 2.05) is 23.9 Å². The van der Waals surface area contributed by atoms with Crippen LogP contribution in [0.3, 0.4) is 0 Å². The number of benzene rings is 1. The van der Waals surface area contributed by atoms with E-state index in [4.69, 9.17) is 0 Å². The molecule has 0 amide bonds. The van der Waals surface area contributed by atoms with Gasteiger partial charge in [-0.15, -0.1) is 0 Å². The lowest BCUT2D eigenvalue weighted by molar-refractivity contribution is 0.112. The van der Waals surface area contributed by atoms with E-state index in [-0.39, 0.29) is 0 Å². The Morgan fingerprint density at radius 2 is 2.25 bits per heavy atom. The summed E-state index contributed by atoms with van der Waals surface area (Å²) in [5.74, 6) is 0.602. The molecule has 0 atom stereocenters. The van der Waals surface area contributed by atoms with Crippen molar-refractivity contribution in [1.82, 2.24) is 9.78 Å². The molecular weight excluding hydrogens is 200 g/mol. The van der Waals surface area contributed by atoms with Gasteiger partial charge < -0.3 is 0 Å². The van der Waals surface area contributed by atoms with Crippen LogP contribution in [0.2, 0.25) is 0 Å². The van der Waals surface area contributed by atoms with Gasteiger partial charge in [0.2, 0.25) is 0 Å². The van der Waals surface area contributed by atoms with Crippen LogP contribution >= 0.6 is 0 Å². The van der Waals surface area contributed by atoms with Crippen molar-refractivity contribution in [3.63, 3.8) is 0 Å². The molecule has 1 aliphatic rings. The molecule has 2 aromatic rings. The molecule has 1 fully saturated rings. The first-order chi connectivity index (χ1) is 7.81. The zero-order chi connectivity index (χ0) is 11.1. The molecule has 1 saturated carbocycles. The van der Waals surface area contributed by atoms with Gasteiger partial charge in [0.1, 0.15) is 0 Å². The predicted molar refractivity (Wildman–Crippen MR) is 62.7 cm³/mol. The summed E-state index contributed by atoms with van der Waals surface area (Å²) in [6.45, 7) is 0. The van der Waals surface area contributed by atoms with Crippen molar-refractivity contribution in [1.29, 1.82) is 0 Å². The minimum atomic E-state index is 0.602. The van der Waals surface area contributed by atoms with Gasteiger partial charge in [-0.3, -0.25) is 9.48 Å². The number of fused-ring (bicyclic) bond motifs is 1. The van der Waals surface area contributed by atoms with Crippen molar-refractivity contribution >= 4 is 17.2 Å². The molecule has 0 aliphatic heterocycles. The highest BCUT2D eigenvalue weighted by Gasteiger charge is 2.25. The van der Waals surface area contributed by atoms with Gasteiger partial charge in [0.05, 0.1) is 11.2 Å². The van der Waals surface area contributed by atoms with Gasteiger partial charge in [0, 0.05) is 23.9 Å². The van der Waals surface area contributed by atoms with Crippen molar-refractivity contribution < 1.29 is 4.79 Å². The average Bonchev–Trinajstić information content (AvgIpc) is 2.54. The van der Waals surface area contributed by atoms with E-state index in [1.54, 1.807) is 0 Å². The molecule has 0 unspecified atom stereocenters. The Balaban J connectivity index is 2.28. The molecule has 0 bridgehead atoms. The van der Waals surface area contributed by atoms with Gasteiger partial charge in [0.25, 0.3) is 0 Å². The summed E-state index contributed by atoms with van der Waals surface area (Å²) in [6, 6.07) is 5.86. The highest BCUT2D eigenvalue weighted by Crippen LogP contribution is 2.39. The largest absolute Gasteiger partial charge is 0.298 e. The number of aryl methyl sites for hydroxylation is 1. The SMILES string of the molecule is Cn1nc(C2CCC2)c2cccc(C=O)c21. The summed E-state index contributed by atoms with van der Waals surface area (Å²) >= 11 is 0. The summed E-state index contributed by atoms with van der Waals surface area (Å²) < 4.78 is 1.84. The van der Waals surface area contributed by atoms with Gasteiger partial charge in [-0.05, 0) is 18.9 Å². The van der Waals surface area contributed by atoms with E-state index in [9.17, 15) is 4.79 Å². The third-order valence-corrected chi connectivity index (χ3v) is 3.54. The third-order valence-electron chi connectivity index (χ3n) is 3.54. The number of aromatic nitrogens is 2. The average molecular weight is 214 g/mol. The van der Waals surface area contributed by atoms with Crippen molar-refractivity contribution in [2.45, 2.75) is 25.2 Å². The molecule has 1 aromatic carbocycles. The fraction of sp³-hybridized carbons (Fsp3) is 0.385. The van der Waals surface area contributed by atoms with E-state index >= 15 is 0 Å². The van der Waals surface area contributed by atoms with E-state index in [1.165, 1.54) is 25.0 Å². The third kappa shape index (κ3) is 1.21. The summed E-state index contributed by atoms with van der Waals surface area (Å²) in [7, 11) is 1.91. The molecule has 3 nitrogen and oxygen atoms in total. The van der Waals surface area contributed by atoms with Crippen LogP contribution in [0.4, 0.5) is 0 Å². The van der Waals surface area contributed by atoms with Crippen molar-refractivity contribution in [3.8, 4) is 0 Å². The molecular formula is C13H14N2O. The Bertz CT molecular complexity index is 552. The minimum absolute atomic E-state index is 0.602. The monoisotopic (exact) mass is 214 g/mol. The number of rotatable bonds is 2. The summed E-state index contributed by atoms with van der Waals surface area (Å²) in [6.07, 6.45) is 4.68. The molecule has 16 heavy (non-hydrogen) atoms. The van der Waals surface area contributed by atoms with Crippen LogP contribution in [0.25, 0.3) is 10.9 Å². The molecule has 0 N–H and O–H groups in total. The van der Waals surface area contributed by atoms with E-state index in [0.717, 1.165) is 22.8 Å². The molecule has 1 aromatic heterocycles. The number of hydrogen-bond acceptors (Lipinski definition) is 2. The second-order valence-electron chi connectivity index (χ2n) is 4.50. The topological polar surface area (TPSA) is 34.9 Å². The molecule has 0 saturated heterocycles. The van der Waals surface area contributed by atoms with Gasteiger partial charge in [0.15, 0.2) is 6.29 Å².